The number of carbonyl (C=O) groups is 1. The minimum Gasteiger partial charge on any atom is -0.494 e. The number of thiophene rings is 1. The molecule has 9 heteroatoms. The van der Waals surface area contributed by atoms with Gasteiger partial charge in [-0.05, 0) is 23.6 Å². The molecule has 0 saturated carbocycles. The van der Waals surface area contributed by atoms with Crippen molar-refractivity contribution in [2.45, 2.75) is 0 Å². The largest absolute Gasteiger partial charge is 0.494 e. The molecule has 0 bridgehead atoms. The number of hydrogen-bond donors (Lipinski definition) is 0. The fraction of sp³-hybridized carbons (Fsp3) is 0.316. The lowest BCUT2D eigenvalue weighted by atomic mass is 10.2. The van der Waals surface area contributed by atoms with Gasteiger partial charge in [0.25, 0.3) is 0 Å². The first-order chi connectivity index (χ1) is 13.6. The molecule has 0 amide bonds. The van der Waals surface area contributed by atoms with Crippen molar-refractivity contribution >= 4 is 39.0 Å². The summed E-state index contributed by atoms with van der Waals surface area (Å²) in [7, 11) is 2.78. The second kappa shape index (κ2) is 7.59. The van der Waals surface area contributed by atoms with Gasteiger partial charge in [-0.25, -0.2) is 19.2 Å². The van der Waals surface area contributed by atoms with E-state index in [2.05, 4.69) is 19.8 Å². The minimum absolute atomic E-state index is 0.0640. The number of fused-ring (bicyclic) bond motifs is 1. The normalized spacial score (nSPS) is 14.4. The summed E-state index contributed by atoms with van der Waals surface area (Å²) in [5.74, 6) is 0.122. The number of ether oxygens (including phenoxy) is 2. The van der Waals surface area contributed by atoms with E-state index in [1.807, 2.05) is 11.4 Å². The second-order valence-corrected chi connectivity index (χ2v) is 7.21. The maximum absolute atomic E-state index is 13.7. The number of aromatic nitrogens is 2. The van der Waals surface area contributed by atoms with Gasteiger partial charge in [-0.2, -0.15) is 0 Å². The topological polar surface area (TPSA) is 67.8 Å². The summed E-state index contributed by atoms with van der Waals surface area (Å²) in [6.45, 7) is 2.90. The molecule has 3 heterocycles. The van der Waals surface area contributed by atoms with E-state index in [-0.39, 0.29) is 17.4 Å². The van der Waals surface area contributed by atoms with Crippen LogP contribution in [0.25, 0.3) is 10.2 Å². The Balaban J connectivity index is 1.57. The van der Waals surface area contributed by atoms with Gasteiger partial charge in [0.15, 0.2) is 17.4 Å². The standard InChI is InChI=1S/C19H19FN4O3S/c1-26-15-11-12(3-4-13(15)20)23-6-8-24(9-7-23)18-16-14(5-10-28-16)21-17(22-18)19(25)27-2/h3-5,10-11H,6-9H2,1-2H3. The average Bonchev–Trinajstić information content (AvgIpc) is 3.21. The Morgan fingerprint density at radius 3 is 2.57 bits per heavy atom. The number of hydrogen-bond acceptors (Lipinski definition) is 8. The first kappa shape index (κ1) is 18.4. The van der Waals surface area contributed by atoms with Crippen LogP contribution in [0.1, 0.15) is 10.6 Å². The zero-order chi connectivity index (χ0) is 19.7. The summed E-state index contributed by atoms with van der Waals surface area (Å²) in [5, 5.41) is 1.94. The summed E-state index contributed by atoms with van der Waals surface area (Å²) in [6, 6.07) is 6.76. The number of benzene rings is 1. The molecule has 1 saturated heterocycles. The van der Waals surface area contributed by atoms with Gasteiger partial charge in [0.2, 0.25) is 5.82 Å². The molecule has 4 rings (SSSR count). The predicted molar refractivity (Wildman–Crippen MR) is 106 cm³/mol. The highest BCUT2D eigenvalue weighted by atomic mass is 32.1. The van der Waals surface area contributed by atoms with Gasteiger partial charge in [0.05, 0.1) is 24.4 Å². The Hall–Kier alpha value is -2.94. The number of rotatable bonds is 4. The molecule has 1 aromatic carbocycles. The molecule has 3 aromatic rings. The number of halogens is 1. The summed E-state index contributed by atoms with van der Waals surface area (Å²) < 4.78 is 24.5. The predicted octanol–water partition coefficient (Wildman–Crippen LogP) is 2.95. The fourth-order valence-corrected chi connectivity index (χ4v) is 4.11. The van der Waals surface area contributed by atoms with Crippen LogP contribution >= 0.6 is 11.3 Å². The summed E-state index contributed by atoms with van der Waals surface area (Å²) in [4.78, 5) is 25.0. The Kier molecular flexibility index (Phi) is 4.99. The molecule has 1 aliphatic heterocycles. The number of carbonyl (C=O) groups excluding carboxylic acids is 1. The van der Waals surface area contributed by atoms with Crippen molar-refractivity contribution < 1.29 is 18.7 Å². The van der Waals surface area contributed by atoms with Gasteiger partial charge in [-0.3, -0.25) is 0 Å². The number of nitrogens with zero attached hydrogens (tertiary/aromatic N) is 4. The Labute approximate surface area is 165 Å². The van der Waals surface area contributed by atoms with Crippen molar-refractivity contribution in [1.82, 2.24) is 9.97 Å². The summed E-state index contributed by atoms with van der Waals surface area (Å²) in [6.07, 6.45) is 0. The molecule has 146 valence electrons. The lowest BCUT2D eigenvalue weighted by Gasteiger charge is -2.37. The summed E-state index contributed by atoms with van der Waals surface area (Å²) in [5.41, 5.74) is 1.65. The van der Waals surface area contributed by atoms with Gasteiger partial charge in [0, 0.05) is 37.9 Å². The molecule has 2 aromatic heterocycles. The number of anilines is 2. The monoisotopic (exact) mass is 402 g/mol. The molecule has 0 spiro atoms. The molecular formula is C19H19FN4O3S. The molecule has 1 fully saturated rings. The van der Waals surface area contributed by atoms with Gasteiger partial charge in [-0.15, -0.1) is 11.3 Å². The van der Waals surface area contributed by atoms with Crippen molar-refractivity contribution in [3.05, 3.63) is 41.3 Å². The van der Waals surface area contributed by atoms with E-state index in [9.17, 15) is 9.18 Å². The maximum atomic E-state index is 13.7. The second-order valence-electron chi connectivity index (χ2n) is 6.29. The van der Waals surface area contributed by atoms with Gasteiger partial charge in [-0.1, -0.05) is 0 Å². The molecule has 7 nitrogen and oxygen atoms in total. The molecule has 0 unspecified atom stereocenters. The Morgan fingerprint density at radius 2 is 1.86 bits per heavy atom. The van der Waals surface area contributed by atoms with Crippen molar-refractivity contribution in [3.63, 3.8) is 0 Å². The first-order valence-electron chi connectivity index (χ1n) is 8.77. The smallest absolute Gasteiger partial charge is 0.376 e. The fourth-order valence-electron chi connectivity index (χ4n) is 3.27. The minimum atomic E-state index is -0.550. The first-order valence-corrected chi connectivity index (χ1v) is 9.65. The van der Waals surface area contributed by atoms with E-state index >= 15 is 0 Å². The highest BCUT2D eigenvalue weighted by molar-refractivity contribution is 7.17. The third-order valence-corrected chi connectivity index (χ3v) is 5.63. The Morgan fingerprint density at radius 1 is 1.11 bits per heavy atom. The lowest BCUT2D eigenvalue weighted by Crippen LogP contribution is -2.47. The SMILES string of the molecule is COC(=O)c1nc(N2CCN(c3ccc(F)c(OC)c3)CC2)c2sccc2n1. The molecule has 0 N–H and O–H groups in total. The van der Waals surface area contributed by atoms with Crippen molar-refractivity contribution in [3.8, 4) is 5.75 Å². The highest BCUT2D eigenvalue weighted by Crippen LogP contribution is 2.31. The van der Waals surface area contributed by atoms with E-state index in [1.165, 1.54) is 20.3 Å². The molecular weight excluding hydrogens is 383 g/mol. The van der Waals surface area contributed by atoms with E-state index in [0.717, 1.165) is 34.8 Å². The third-order valence-electron chi connectivity index (χ3n) is 4.73. The van der Waals surface area contributed by atoms with Crippen LogP contribution in [0.3, 0.4) is 0 Å². The van der Waals surface area contributed by atoms with Crippen LogP contribution in [0, 0.1) is 5.82 Å². The van der Waals surface area contributed by atoms with Gasteiger partial charge >= 0.3 is 5.97 Å². The zero-order valence-corrected chi connectivity index (χ0v) is 16.3. The third kappa shape index (κ3) is 3.33. The van der Waals surface area contributed by atoms with E-state index in [4.69, 9.17) is 9.47 Å². The van der Waals surface area contributed by atoms with Crippen LogP contribution in [0.4, 0.5) is 15.9 Å². The molecule has 28 heavy (non-hydrogen) atoms. The molecule has 0 atom stereocenters. The Bertz CT molecular complexity index is 1020. The van der Waals surface area contributed by atoms with Crippen LogP contribution in [0.2, 0.25) is 0 Å². The number of esters is 1. The van der Waals surface area contributed by atoms with Gasteiger partial charge in [0.1, 0.15) is 0 Å². The zero-order valence-electron chi connectivity index (χ0n) is 15.5. The highest BCUT2D eigenvalue weighted by Gasteiger charge is 2.24. The quantitative estimate of drug-likeness (QED) is 0.622. The van der Waals surface area contributed by atoms with E-state index in [1.54, 1.807) is 23.5 Å². The van der Waals surface area contributed by atoms with Crippen LogP contribution in [-0.4, -0.2) is 56.3 Å². The van der Waals surface area contributed by atoms with Crippen LogP contribution < -0.4 is 14.5 Å². The van der Waals surface area contributed by atoms with Crippen LogP contribution in [0.5, 0.6) is 5.75 Å². The number of piperazine rings is 1. The summed E-state index contributed by atoms with van der Waals surface area (Å²) >= 11 is 1.55. The average molecular weight is 402 g/mol. The van der Waals surface area contributed by atoms with E-state index in [0.29, 0.717) is 13.1 Å². The lowest BCUT2D eigenvalue weighted by molar-refractivity contribution is 0.0587. The molecule has 0 radical (unpaired) electrons. The van der Waals surface area contributed by atoms with Crippen LogP contribution in [-0.2, 0) is 4.74 Å². The van der Waals surface area contributed by atoms with Crippen LogP contribution in [0.15, 0.2) is 29.6 Å². The van der Waals surface area contributed by atoms with E-state index < -0.39 is 5.97 Å². The van der Waals surface area contributed by atoms with Crippen molar-refractivity contribution in [2.75, 3.05) is 50.2 Å². The van der Waals surface area contributed by atoms with Crippen molar-refractivity contribution in [1.29, 1.82) is 0 Å². The maximum Gasteiger partial charge on any atom is 0.376 e. The van der Waals surface area contributed by atoms with Gasteiger partial charge < -0.3 is 19.3 Å². The molecule has 0 aliphatic carbocycles. The number of methoxy groups -OCH3 is 2. The molecule has 1 aliphatic rings. The van der Waals surface area contributed by atoms with Crippen molar-refractivity contribution in [2.24, 2.45) is 0 Å².